The molecule has 4 nitrogen and oxygen atoms in total. The molecule has 0 aromatic carbocycles. The fourth-order valence-corrected chi connectivity index (χ4v) is 3.52. The maximum atomic E-state index is 11.8. The lowest BCUT2D eigenvalue weighted by atomic mass is 10.3. The Morgan fingerprint density at radius 1 is 1.69 bits per heavy atom. The van der Waals surface area contributed by atoms with Crippen LogP contribution >= 0.6 is 11.3 Å². The third-order valence-electron chi connectivity index (χ3n) is 1.83. The number of hydrogen-bond donors (Lipinski definition) is 1. The van der Waals surface area contributed by atoms with Gasteiger partial charge in [0.05, 0.1) is 0 Å². The molecule has 1 unspecified atom stereocenters. The third-order valence-corrected chi connectivity index (χ3v) is 4.90. The molecule has 0 amide bonds. The molecule has 0 aliphatic carbocycles. The standard InChI is InChI=1S/C10H12N2O2S2/c1-3-4-8(2)12-16(13,14)10-6-5-9(7-11)15-10/h3,5-6,8,12H,1,4H2,2H3. The van der Waals surface area contributed by atoms with Crippen molar-refractivity contribution in [2.45, 2.75) is 23.6 Å². The van der Waals surface area contributed by atoms with E-state index >= 15 is 0 Å². The summed E-state index contributed by atoms with van der Waals surface area (Å²) in [6.45, 7) is 5.31. The molecule has 0 bridgehead atoms. The molecule has 0 saturated heterocycles. The maximum Gasteiger partial charge on any atom is 0.250 e. The summed E-state index contributed by atoms with van der Waals surface area (Å²) in [7, 11) is -3.50. The van der Waals surface area contributed by atoms with Crippen LogP contribution in [0.2, 0.25) is 0 Å². The van der Waals surface area contributed by atoms with E-state index in [-0.39, 0.29) is 10.3 Å². The van der Waals surface area contributed by atoms with Gasteiger partial charge in [-0.15, -0.1) is 17.9 Å². The molecule has 1 heterocycles. The lowest BCUT2D eigenvalue weighted by Gasteiger charge is -2.10. The van der Waals surface area contributed by atoms with Crippen LogP contribution < -0.4 is 4.72 Å². The van der Waals surface area contributed by atoms with E-state index in [0.717, 1.165) is 11.3 Å². The SMILES string of the molecule is C=CCC(C)NS(=O)(=O)c1ccc(C#N)s1. The number of thiophene rings is 1. The summed E-state index contributed by atoms with van der Waals surface area (Å²) in [5.41, 5.74) is 0. The van der Waals surface area contributed by atoms with Gasteiger partial charge in [0.1, 0.15) is 15.2 Å². The Balaban J connectivity index is 2.86. The highest BCUT2D eigenvalue weighted by Gasteiger charge is 2.18. The number of hydrogen-bond acceptors (Lipinski definition) is 4. The first-order valence-electron chi connectivity index (χ1n) is 4.62. The summed E-state index contributed by atoms with van der Waals surface area (Å²) in [6, 6.07) is 4.64. The van der Waals surface area contributed by atoms with Crippen LogP contribution in [0, 0.1) is 11.3 Å². The Morgan fingerprint density at radius 2 is 2.38 bits per heavy atom. The normalized spacial score (nSPS) is 13.0. The van der Waals surface area contributed by atoms with Crippen molar-refractivity contribution in [1.29, 1.82) is 5.26 Å². The molecule has 6 heteroatoms. The van der Waals surface area contributed by atoms with Gasteiger partial charge in [0.15, 0.2) is 0 Å². The summed E-state index contributed by atoms with van der Waals surface area (Å²) >= 11 is 0.962. The summed E-state index contributed by atoms with van der Waals surface area (Å²) in [6.07, 6.45) is 2.22. The molecule has 1 rings (SSSR count). The lowest BCUT2D eigenvalue weighted by Crippen LogP contribution is -2.31. The minimum Gasteiger partial charge on any atom is -0.207 e. The van der Waals surface area contributed by atoms with E-state index < -0.39 is 10.0 Å². The molecule has 0 fully saturated rings. The van der Waals surface area contributed by atoms with E-state index in [1.807, 2.05) is 6.07 Å². The van der Waals surface area contributed by atoms with Gasteiger partial charge in [-0.1, -0.05) is 6.08 Å². The molecule has 0 aliphatic heterocycles. The van der Waals surface area contributed by atoms with Crippen molar-refractivity contribution in [2.24, 2.45) is 0 Å². The second kappa shape index (κ2) is 5.25. The molecule has 16 heavy (non-hydrogen) atoms. The summed E-state index contributed by atoms with van der Waals surface area (Å²) in [5.74, 6) is 0. The van der Waals surface area contributed by atoms with Gasteiger partial charge in [0, 0.05) is 6.04 Å². The predicted octanol–water partition coefficient (Wildman–Crippen LogP) is 1.86. The van der Waals surface area contributed by atoms with Crippen LogP contribution in [0.1, 0.15) is 18.2 Å². The van der Waals surface area contributed by atoms with Crippen LogP contribution in [0.5, 0.6) is 0 Å². The first-order valence-corrected chi connectivity index (χ1v) is 6.92. The van der Waals surface area contributed by atoms with Crippen molar-refractivity contribution in [1.82, 2.24) is 4.72 Å². The van der Waals surface area contributed by atoms with Crippen molar-refractivity contribution in [3.8, 4) is 6.07 Å². The van der Waals surface area contributed by atoms with Crippen LogP contribution in [-0.2, 0) is 10.0 Å². The quantitative estimate of drug-likeness (QED) is 0.817. The molecule has 1 atom stereocenters. The van der Waals surface area contributed by atoms with Crippen molar-refractivity contribution >= 4 is 21.4 Å². The van der Waals surface area contributed by atoms with Gasteiger partial charge >= 0.3 is 0 Å². The first kappa shape index (κ1) is 12.9. The number of nitriles is 1. The lowest BCUT2D eigenvalue weighted by molar-refractivity contribution is 0.564. The number of sulfonamides is 1. The maximum absolute atomic E-state index is 11.8. The average Bonchev–Trinajstić information content (AvgIpc) is 2.65. The van der Waals surface area contributed by atoms with Crippen molar-refractivity contribution < 1.29 is 8.42 Å². The highest BCUT2D eigenvalue weighted by molar-refractivity contribution is 7.91. The van der Waals surface area contributed by atoms with Gasteiger partial charge in [0.25, 0.3) is 0 Å². The zero-order chi connectivity index (χ0) is 12.2. The van der Waals surface area contributed by atoms with E-state index in [4.69, 9.17) is 5.26 Å². The Labute approximate surface area is 99.3 Å². The third kappa shape index (κ3) is 3.17. The second-order valence-corrected chi connectivity index (χ2v) is 6.30. The largest absolute Gasteiger partial charge is 0.250 e. The number of rotatable bonds is 5. The average molecular weight is 256 g/mol. The minimum atomic E-state index is -3.50. The molecule has 0 aliphatic rings. The highest BCUT2D eigenvalue weighted by atomic mass is 32.2. The summed E-state index contributed by atoms with van der Waals surface area (Å²) in [4.78, 5) is 0.386. The van der Waals surface area contributed by atoms with Gasteiger partial charge in [-0.05, 0) is 25.5 Å². The molecular weight excluding hydrogens is 244 g/mol. The molecule has 0 spiro atoms. The Hall–Kier alpha value is -1.16. The molecule has 1 aromatic heterocycles. The summed E-state index contributed by atoms with van der Waals surface area (Å²) in [5, 5.41) is 8.61. The zero-order valence-corrected chi connectivity index (χ0v) is 10.4. The predicted molar refractivity (Wildman–Crippen MR) is 63.6 cm³/mol. The van der Waals surface area contributed by atoms with Crippen LogP contribution in [0.3, 0.4) is 0 Å². The number of nitrogens with one attached hydrogen (secondary N) is 1. The van der Waals surface area contributed by atoms with E-state index in [0.29, 0.717) is 11.3 Å². The fourth-order valence-electron chi connectivity index (χ4n) is 1.15. The molecule has 0 saturated carbocycles. The minimum absolute atomic E-state index is 0.167. The van der Waals surface area contributed by atoms with Gasteiger partial charge in [-0.3, -0.25) is 0 Å². The second-order valence-electron chi connectivity index (χ2n) is 3.28. The monoisotopic (exact) mass is 256 g/mol. The van der Waals surface area contributed by atoms with Crippen molar-refractivity contribution in [2.75, 3.05) is 0 Å². The van der Waals surface area contributed by atoms with Crippen molar-refractivity contribution in [3.63, 3.8) is 0 Å². The molecule has 86 valence electrons. The Morgan fingerprint density at radius 3 is 2.88 bits per heavy atom. The van der Waals surface area contributed by atoms with E-state index in [1.54, 1.807) is 13.0 Å². The first-order chi connectivity index (χ1) is 7.49. The molecule has 1 N–H and O–H groups in total. The van der Waals surface area contributed by atoms with Crippen LogP contribution in [0.4, 0.5) is 0 Å². The molecular formula is C10H12N2O2S2. The summed E-state index contributed by atoms with van der Waals surface area (Å²) < 4.78 is 26.3. The van der Waals surface area contributed by atoms with Crippen LogP contribution in [-0.4, -0.2) is 14.5 Å². The van der Waals surface area contributed by atoms with Crippen LogP contribution in [0.15, 0.2) is 29.0 Å². The Kier molecular flexibility index (Phi) is 4.24. The van der Waals surface area contributed by atoms with E-state index in [1.165, 1.54) is 12.1 Å². The smallest absolute Gasteiger partial charge is 0.207 e. The molecule has 0 radical (unpaired) electrons. The van der Waals surface area contributed by atoms with E-state index in [9.17, 15) is 8.42 Å². The van der Waals surface area contributed by atoms with Gasteiger partial charge in [-0.25, -0.2) is 13.1 Å². The van der Waals surface area contributed by atoms with Crippen LogP contribution in [0.25, 0.3) is 0 Å². The zero-order valence-electron chi connectivity index (χ0n) is 8.80. The van der Waals surface area contributed by atoms with Gasteiger partial charge in [-0.2, -0.15) is 5.26 Å². The van der Waals surface area contributed by atoms with Gasteiger partial charge in [0.2, 0.25) is 10.0 Å². The topological polar surface area (TPSA) is 70.0 Å². The fraction of sp³-hybridized carbons (Fsp3) is 0.300. The van der Waals surface area contributed by atoms with Crippen molar-refractivity contribution in [3.05, 3.63) is 29.7 Å². The van der Waals surface area contributed by atoms with Gasteiger partial charge < -0.3 is 0 Å². The highest BCUT2D eigenvalue weighted by Crippen LogP contribution is 2.20. The number of nitrogens with zero attached hydrogens (tertiary/aromatic N) is 1. The Bertz CT molecular complexity index is 511. The van der Waals surface area contributed by atoms with E-state index in [2.05, 4.69) is 11.3 Å². The molecule has 1 aromatic rings.